The Kier molecular flexibility index (Phi) is 8.18. The zero-order valence-electron chi connectivity index (χ0n) is 19.6. The van der Waals surface area contributed by atoms with E-state index in [0.29, 0.717) is 22.8 Å². The molecule has 1 heterocycles. The van der Waals surface area contributed by atoms with Gasteiger partial charge in [0.15, 0.2) is 11.5 Å². The summed E-state index contributed by atoms with van der Waals surface area (Å²) in [5, 5.41) is -0.150. The third-order valence-corrected chi connectivity index (χ3v) is 6.65. The molecule has 0 saturated carbocycles. The number of benzene rings is 3. The van der Waals surface area contributed by atoms with Gasteiger partial charge in [-0.15, -0.1) is 0 Å². The summed E-state index contributed by atoms with van der Waals surface area (Å²) < 4.78 is 31.2. The lowest BCUT2D eigenvalue weighted by Crippen LogP contribution is -2.32. The molecule has 1 aliphatic heterocycles. The van der Waals surface area contributed by atoms with Crippen molar-refractivity contribution in [1.82, 2.24) is 4.90 Å². The second-order valence-electron chi connectivity index (χ2n) is 7.87. The zero-order valence-corrected chi connectivity index (χ0v) is 21.2. The summed E-state index contributed by atoms with van der Waals surface area (Å²) in [5.74, 6) is 0.443. The van der Waals surface area contributed by atoms with Gasteiger partial charge in [0.1, 0.15) is 24.8 Å². The van der Waals surface area contributed by atoms with Crippen LogP contribution in [0.5, 0.6) is 17.2 Å². The predicted octanol–water partition coefficient (Wildman–Crippen LogP) is 6.49. The number of halogens is 2. The lowest BCUT2D eigenvalue weighted by atomic mass is 10.1. The molecule has 0 bridgehead atoms. The molecule has 0 spiro atoms. The van der Waals surface area contributed by atoms with E-state index in [4.69, 9.17) is 25.8 Å². The Morgan fingerprint density at radius 1 is 1.06 bits per heavy atom. The van der Waals surface area contributed by atoms with Gasteiger partial charge < -0.3 is 14.2 Å². The summed E-state index contributed by atoms with van der Waals surface area (Å²) >= 11 is 6.95. The van der Waals surface area contributed by atoms with E-state index < -0.39 is 11.7 Å². The molecular formula is C27H23ClFNO5S. The van der Waals surface area contributed by atoms with Crippen LogP contribution in [0, 0.1) is 12.7 Å². The number of hydrogen-bond acceptors (Lipinski definition) is 6. The summed E-state index contributed by atoms with van der Waals surface area (Å²) in [5.41, 5.74) is 1.75. The van der Waals surface area contributed by atoms with Crippen molar-refractivity contribution in [3.05, 3.63) is 93.1 Å². The van der Waals surface area contributed by atoms with E-state index in [9.17, 15) is 14.0 Å². The fourth-order valence-corrected chi connectivity index (χ4v) is 4.64. The number of hydrogen-bond donors (Lipinski definition) is 0. The second-order valence-corrected chi connectivity index (χ2v) is 9.27. The maximum Gasteiger partial charge on any atom is 0.293 e. The van der Waals surface area contributed by atoms with Crippen LogP contribution < -0.4 is 14.2 Å². The molecule has 186 valence electrons. The number of aryl methyl sites for hydroxylation is 1. The number of carbonyl (C=O) groups excluding carboxylic acids is 2. The molecule has 0 aromatic heterocycles. The van der Waals surface area contributed by atoms with Gasteiger partial charge in [-0.25, -0.2) is 4.39 Å². The summed E-state index contributed by atoms with van der Waals surface area (Å²) in [6.45, 7) is 2.09. The number of nitrogens with zero attached hydrogens (tertiary/aromatic N) is 1. The second kappa shape index (κ2) is 11.5. The minimum atomic E-state index is -0.493. The van der Waals surface area contributed by atoms with Gasteiger partial charge in [0, 0.05) is 11.1 Å². The van der Waals surface area contributed by atoms with Crippen molar-refractivity contribution in [3.8, 4) is 17.2 Å². The Morgan fingerprint density at radius 2 is 1.83 bits per heavy atom. The number of imide groups is 1. The van der Waals surface area contributed by atoms with E-state index in [0.717, 1.165) is 22.2 Å². The van der Waals surface area contributed by atoms with Crippen molar-refractivity contribution in [3.63, 3.8) is 0 Å². The highest BCUT2D eigenvalue weighted by Crippen LogP contribution is 2.38. The molecule has 0 N–H and O–H groups in total. The maximum absolute atomic E-state index is 14.2. The molecule has 3 aromatic rings. The number of methoxy groups -OCH3 is 1. The first-order valence-corrected chi connectivity index (χ1v) is 12.2. The third kappa shape index (κ3) is 5.83. The van der Waals surface area contributed by atoms with E-state index in [1.165, 1.54) is 19.2 Å². The fourth-order valence-electron chi connectivity index (χ4n) is 3.57. The molecule has 0 atom stereocenters. The molecule has 3 aromatic carbocycles. The molecule has 6 nitrogen and oxygen atoms in total. The van der Waals surface area contributed by atoms with Gasteiger partial charge >= 0.3 is 0 Å². The quantitative estimate of drug-likeness (QED) is 0.296. The van der Waals surface area contributed by atoms with Crippen molar-refractivity contribution in [2.45, 2.75) is 13.5 Å². The molecule has 1 aliphatic rings. The van der Waals surface area contributed by atoms with Gasteiger partial charge in [0.25, 0.3) is 11.1 Å². The lowest BCUT2D eigenvalue weighted by molar-refractivity contribution is -0.123. The molecule has 1 fully saturated rings. The van der Waals surface area contributed by atoms with E-state index >= 15 is 0 Å². The molecule has 0 aliphatic carbocycles. The Hall–Kier alpha value is -3.49. The number of ether oxygens (including phenoxy) is 3. The van der Waals surface area contributed by atoms with Gasteiger partial charge in [-0.1, -0.05) is 41.9 Å². The Morgan fingerprint density at radius 3 is 2.58 bits per heavy atom. The summed E-state index contributed by atoms with van der Waals surface area (Å²) in [7, 11) is 1.48. The topological polar surface area (TPSA) is 65.1 Å². The van der Waals surface area contributed by atoms with Gasteiger partial charge in [-0.05, 0) is 60.7 Å². The van der Waals surface area contributed by atoms with Crippen LogP contribution in [0.15, 0.2) is 65.6 Å². The van der Waals surface area contributed by atoms with E-state index in [2.05, 4.69) is 0 Å². The molecular weight excluding hydrogens is 505 g/mol. The summed E-state index contributed by atoms with van der Waals surface area (Å²) in [6.07, 6.45) is 1.56. The van der Waals surface area contributed by atoms with Gasteiger partial charge in [-0.2, -0.15) is 0 Å². The Balaban J connectivity index is 1.50. The first-order valence-electron chi connectivity index (χ1n) is 11.0. The van der Waals surface area contributed by atoms with Crippen molar-refractivity contribution < 1.29 is 28.2 Å². The largest absolute Gasteiger partial charge is 0.493 e. The number of carbonyl (C=O) groups is 2. The Bertz CT molecular complexity index is 1310. The number of thioether (sulfide) groups is 1. The van der Waals surface area contributed by atoms with E-state index in [1.807, 2.05) is 31.2 Å². The van der Waals surface area contributed by atoms with Crippen LogP contribution in [0.3, 0.4) is 0 Å². The van der Waals surface area contributed by atoms with Crippen molar-refractivity contribution in [1.29, 1.82) is 0 Å². The lowest BCUT2D eigenvalue weighted by Gasteiger charge is -2.15. The van der Waals surface area contributed by atoms with Gasteiger partial charge in [0.05, 0.1) is 23.6 Å². The minimum absolute atomic E-state index is 0.114. The first-order chi connectivity index (χ1) is 17.4. The van der Waals surface area contributed by atoms with E-state index in [-0.39, 0.29) is 40.5 Å². The average molecular weight is 528 g/mol. The smallest absolute Gasteiger partial charge is 0.293 e. The van der Waals surface area contributed by atoms with Crippen LogP contribution in [-0.2, 0) is 11.4 Å². The average Bonchev–Trinajstić information content (AvgIpc) is 3.11. The van der Waals surface area contributed by atoms with Crippen molar-refractivity contribution in [2.24, 2.45) is 0 Å². The summed E-state index contributed by atoms with van der Waals surface area (Å²) in [6, 6.07) is 17.0. The summed E-state index contributed by atoms with van der Waals surface area (Å²) in [4.78, 5) is 26.9. The highest BCUT2D eigenvalue weighted by Gasteiger charge is 2.35. The number of rotatable bonds is 9. The maximum atomic E-state index is 14.2. The van der Waals surface area contributed by atoms with Crippen molar-refractivity contribution in [2.75, 3.05) is 20.3 Å². The van der Waals surface area contributed by atoms with E-state index in [1.54, 1.807) is 30.3 Å². The zero-order chi connectivity index (χ0) is 25.7. The SMILES string of the molecule is COc1cccc(/C=C2\SC(=O)N(CCOc3cccc(C)c3)C2=O)c1OCc1c(F)cccc1Cl. The Labute approximate surface area is 217 Å². The van der Waals surface area contributed by atoms with Crippen LogP contribution in [0.4, 0.5) is 9.18 Å². The first kappa shape index (κ1) is 25.6. The molecule has 0 unspecified atom stereocenters. The number of para-hydroxylation sites is 1. The monoisotopic (exact) mass is 527 g/mol. The van der Waals surface area contributed by atoms with Gasteiger partial charge in [0.2, 0.25) is 0 Å². The third-order valence-electron chi connectivity index (χ3n) is 5.39. The number of amides is 2. The van der Waals surface area contributed by atoms with Crippen LogP contribution >= 0.6 is 23.4 Å². The van der Waals surface area contributed by atoms with Gasteiger partial charge in [-0.3, -0.25) is 14.5 Å². The molecule has 2 amide bonds. The van der Waals surface area contributed by atoms with Crippen LogP contribution in [-0.4, -0.2) is 36.3 Å². The minimum Gasteiger partial charge on any atom is -0.493 e. The molecule has 9 heteroatoms. The molecule has 1 saturated heterocycles. The normalized spacial score (nSPS) is 14.4. The highest BCUT2D eigenvalue weighted by molar-refractivity contribution is 8.18. The van der Waals surface area contributed by atoms with Crippen LogP contribution in [0.1, 0.15) is 16.7 Å². The fraction of sp³-hybridized carbons (Fsp3) is 0.185. The predicted molar refractivity (Wildman–Crippen MR) is 138 cm³/mol. The highest BCUT2D eigenvalue weighted by atomic mass is 35.5. The molecule has 36 heavy (non-hydrogen) atoms. The van der Waals surface area contributed by atoms with Crippen LogP contribution in [0.25, 0.3) is 6.08 Å². The molecule has 4 rings (SSSR count). The molecule has 0 radical (unpaired) electrons. The van der Waals surface area contributed by atoms with Crippen LogP contribution in [0.2, 0.25) is 5.02 Å². The standard InChI is InChI=1S/C27H23ClFNO5S/c1-17-6-3-8-19(14-17)34-13-12-30-26(31)24(36-27(30)32)15-18-7-4-11-23(33-2)25(18)35-16-20-21(28)9-5-10-22(20)29/h3-11,14-15H,12-13,16H2,1-2H3/b24-15-. The van der Waals surface area contributed by atoms with Crippen molar-refractivity contribution >= 4 is 40.6 Å².